The normalized spacial score (nSPS) is 14.6. The molecule has 0 saturated carbocycles. The van der Waals surface area contributed by atoms with Gasteiger partial charge in [0.05, 0.1) is 26.4 Å². The number of phosphoric acid groups is 2. The molecule has 0 aromatic carbocycles. The molecule has 0 aromatic rings. The molecule has 0 spiro atoms. The molecule has 7 atom stereocenters. The first-order valence-electron chi connectivity index (χ1n) is 41.3. The van der Waals surface area contributed by atoms with Gasteiger partial charge in [0.25, 0.3) is 0 Å². The lowest BCUT2D eigenvalue weighted by Gasteiger charge is -2.21. The molecule has 0 aliphatic carbocycles. The van der Waals surface area contributed by atoms with Crippen molar-refractivity contribution in [2.24, 2.45) is 23.7 Å². The topological polar surface area (TPSA) is 237 Å². The second-order valence-corrected chi connectivity index (χ2v) is 33.1. The number of hydrogen-bond acceptors (Lipinski definition) is 15. The molecular weight excluding hydrogens is 1290 g/mol. The molecule has 0 aromatic heterocycles. The zero-order valence-electron chi connectivity index (χ0n) is 65.1. The highest BCUT2D eigenvalue weighted by molar-refractivity contribution is 7.47. The molecule has 0 amide bonds. The Morgan fingerprint density at radius 1 is 0.283 bits per heavy atom. The summed E-state index contributed by atoms with van der Waals surface area (Å²) in [5, 5.41) is 10.6. The van der Waals surface area contributed by atoms with E-state index >= 15 is 0 Å². The maximum absolute atomic E-state index is 13.1. The van der Waals surface area contributed by atoms with Crippen LogP contribution in [0.5, 0.6) is 0 Å². The largest absolute Gasteiger partial charge is 0.472 e. The number of carbonyl (C=O) groups excluding carboxylic acids is 4. The van der Waals surface area contributed by atoms with Crippen LogP contribution in [-0.4, -0.2) is 96.7 Å². The molecule has 0 aliphatic heterocycles. The van der Waals surface area contributed by atoms with E-state index in [1.54, 1.807) is 0 Å². The van der Waals surface area contributed by atoms with Crippen LogP contribution in [0, 0.1) is 23.7 Å². The predicted octanol–water partition coefficient (Wildman–Crippen LogP) is 23.6. The third-order valence-electron chi connectivity index (χ3n) is 19.3. The fraction of sp³-hybridized carbons (Fsp3) is 0.950. The van der Waals surface area contributed by atoms with E-state index in [9.17, 15) is 43.2 Å². The molecule has 3 N–H and O–H groups in total. The average Bonchev–Trinajstić information content (AvgIpc) is 0.958. The van der Waals surface area contributed by atoms with Crippen molar-refractivity contribution in [3.8, 4) is 0 Å². The molecule has 19 heteroatoms. The van der Waals surface area contributed by atoms with Gasteiger partial charge in [-0.05, 0) is 49.4 Å². The van der Waals surface area contributed by atoms with Crippen LogP contribution in [0.1, 0.15) is 409 Å². The summed E-state index contributed by atoms with van der Waals surface area (Å²) in [5.41, 5.74) is 0. The molecule has 0 bridgehead atoms. The molecule has 0 saturated heterocycles. The second kappa shape index (κ2) is 69.1. The summed E-state index contributed by atoms with van der Waals surface area (Å²) in [4.78, 5) is 72.9. The van der Waals surface area contributed by atoms with Crippen molar-refractivity contribution < 1.29 is 80.2 Å². The Hall–Kier alpha value is -1.94. The molecule has 0 fully saturated rings. The SMILES string of the molecule is CCC(C)CCCCCCCCCCCCCCCCCCCCC(=O)O[C@H](COC(=O)CCCCCCCCC(C)CC)COP(=O)(O)OC[C@H](O)COP(=O)(O)OC[C@@H](COC(=O)CCCCCCCCCCCCCC(C)C)OC(=O)CCCCCCCCCCCCC(C)C. The fourth-order valence-electron chi connectivity index (χ4n) is 12.2. The van der Waals surface area contributed by atoms with Gasteiger partial charge in [0.2, 0.25) is 0 Å². The van der Waals surface area contributed by atoms with E-state index in [2.05, 4.69) is 55.4 Å². The second-order valence-electron chi connectivity index (χ2n) is 30.2. The maximum Gasteiger partial charge on any atom is 0.472 e. The van der Waals surface area contributed by atoms with Crippen molar-refractivity contribution in [2.75, 3.05) is 39.6 Å². The van der Waals surface area contributed by atoms with E-state index in [-0.39, 0.29) is 25.7 Å². The molecule has 0 heterocycles. The number of aliphatic hydroxyl groups excluding tert-OH is 1. The maximum atomic E-state index is 13.1. The first-order valence-corrected chi connectivity index (χ1v) is 44.3. The Labute approximate surface area is 607 Å². The smallest absolute Gasteiger partial charge is 0.462 e. The molecule has 0 aliphatic rings. The molecular formula is C80H156O17P2. The standard InChI is InChI=1S/C80H156O17P2/c1-9-72(7)58-50-42-34-28-21-17-15-13-11-12-14-16-18-22-30-36-46-54-62-79(84)97-76(67-91-78(83)61-53-45-39-38-43-51-59-73(8)10-2)69-95-99(88,89)93-65-74(81)64-92-98(86,87)94-68-75(96-80(85)63-55-47-37-31-25-24-27-33-41-49-57-71(5)6)66-90-77(82)60-52-44-35-29-23-19-20-26-32-40-48-56-70(3)4/h70-76,81H,9-69H2,1-8H3,(H,86,87)(H,88,89)/t72?,73?,74-,75-,76-/m1/s1. The quantitative estimate of drug-likeness (QED) is 0.0222. The van der Waals surface area contributed by atoms with Crippen LogP contribution >= 0.6 is 15.6 Å². The summed E-state index contributed by atoms with van der Waals surface area (Å²) < 4.78 is 68.6. The van der Waals surface area contributed by atoms with E-state index in [4.69, 9.17) is 37.0 Å². The highest BCUT2D eigenvalue weighted by Gasteiger charge is 2.30. The van der Waals surface area contributed by atoms with Gasteiger partial charge < -0.3 is 33.8 Å². The van der Waals surface area contributed by atoms with Gasteiger partial charge in [-0.25, -0.2) is 9.13 Å². The third kappa shape index (κ3) is 71.5. The number of phosphoric ester groups is 2. The fourth-order valence-corrected chi connectivity index (χ4v) is 13.8. The number of unbranched alkanes of at least 4 members (excludes halogenated alkanes) is 41. The Bertz CT molecular complexity index is 1940. The summed E-state index contributed by atoms with van der Waals surface area (Å²) in [6, 6.07) is 0. The van der Waals surface area contributed by atoms with Crippen molar-refractivity contribution >= 4 is 39.5 Å². The van der Waals surface area contributed by atoms with E-state index in [1.165, 1.54) is 205 Å². The molecule has 0 radical (unpaired) electrons. The Balaban J connectivity index is 5.19. The van der Waals surface area contributed by atoms with Crippen molar-refractivity contribution in [1.29, 1.82) is 0 Å². The molecule has 17 nitrogen and oxygen atoms in total. The summed E-state index contributed by atoms with van der Waals surface area (Å²) in [7, 11) is -9.92. The van der Waals surface area contributed by atoms with Gasteiger partial charge in [-0.2, -0.15) is 0 Å². The van der Waals surface area contributed by atoms with Crippen LogP contribution in [0.4, 0.5) is 0 Å². The lowest BCUT2D eigenvalue weighted by Crippen LogP contribution is -2.30. The van der Waals surface area contributed by atoms with Crippen LogP contribution in [0.2, 0.25) is 0 Å². The van der Waals surface area contributed by atoms with E-state index in [1.807, 2.05) is 0 Å². The Morgan fingerprint density at radius 2 is 0.485 bits per heavy atom. The number of rotatable bonds is 77. The molecule has 588 valence electrons. The van der Waals surface area contributed by atoms with Crippen LogP contribution in [0.3, 0.4) is 0 Å². The number of ether oxygens (including phenoxy) is 4. The van der Waals surface area contributed by atoms with E-state index in [0.29, 0.717) is 25.7 Å². The minimum absolute atomic E-state index is 0.105. The van der Waals surface area contributed by atoms with Crippen molar-refractivity contribution in [3.05, 3.63) is 0 Å². The van der Waals surface area contributed by atoms with Gasteiger partial charge >= 0.3 is 39.5 Å². The highest BCUT2D eigenvalue weighted by Crippen LogP contribution is 2.45. The first-order chi connectivity index (χ1) is 47.7. The van der Waals surface area contributed by atoms with Crippen molar-refractivity contribution in [2.45, 2.75) is 427 Å². The summed E-state index contributed by atoms with van der Waals surface area (Å²) >= 11 is 0. The molecule has 4 unspecified atom stereocenters. The van der Waals surface area contributed by atoms with Crippen LogP contribution in [0.15, 0.2) is 0 Å². The van der Waals surface area contributed by atoms with Crippen molar-refractivity contribution in [1.82, 2.24) is 0 Å². The van der Waals surface area contributed by atoms with Gasteiger partial charge in [0, 0.05) is 25.7 Å². The zero-order valence-corrected chi connectivity index (χ0v) is 66.9. The van der Waals surface area contributed by atoms with Gasteiger partial charge in [0.1, 0.15) is 19.3 Å². The lowest BCUT2D eigenvalue weighted by molar-refractivity contribution is -0.161. The monoisotopic (exact) mass is 1450 g/mol. The summed E-state index contributed by atoms with van der Waals surface area (Å²) in [6.45, 7) is 14.3. The molecule has 0 rings (SSSR count). The van der Waals surface area contributed by atoms with Crippen molar-refractivity contribution in [3.63, 3.8) is 0 Å². The van der Waals surface area contributed by atoms with Gasteiger partial charge in [-0.15, -0.1) is 0 Å². The lowest BCUT2D eigenvalue weighted by atomic mass is 9.99. The number of carbonyl (C=O) groups is 4. The van der Waals surface area contributed by atoms with Gasteiger partial charge in [-0.1, -0.05) is 357 Å². The predicted molar refractivity (Wildman–Crippen MR) is 404 cm³/mol. The van der Waals surface area contributed by atoms with E-state index in [0.717, 1.165) is 120 Å². The van der Waals surface area contributed by atoms with Gasteiger partial charge in [-0.3, -0.25) is 37.3 Å². The van der Waals surface area contributed by atoms with Crippen LogP contribution in [-0.2, 0) is 65.4 Å². The van der Waals surface area contributed by atoms with E-state index < -0.39 is 97.5 Å². The third-order valence-corrected chi connectivity index (χ3v) is 21.2. The minimum atomic E-state index is -4.96. The Morgan fingerprint density at radius 3 is 0.717 bits per heavy atom. The average molecular weight is 1450 g/mol. The highest BCUT2D eigenvalue weighted by atomic mass is 31.2. The summed E-state index contributed by atoms with van der Waals surface area (Å²) in [6.07, 6.45) is 55.6. The Kier molecular flexibility index (Phi) is 67.8. The van der Waals surface area contributed by atoms with Crippen LogP contribution in [0.25, 0.3) is 0 Å². The minimum Gasteiger partial charge on any atom is -0.462 e. The van der Waals surface area contributed by atoms with Gasteiger partial charge in [0.15, 0.2) is 12.2 Å². The number of aliphatic hydroxyl groups is 1. The van der Waals surface area contributed by atoms with Crippen LogP contribution < -0.4 is 0 Å². The summed E-state index contributed by atoms with van der Waals surface area (Å²) in [5.74, 6) is 1.01. The number of hydrogen-bond donors (Lipinski definition) is 3. The number of esters is 4. The molecule has 99 heavy (non-hydrogen) atoms. The first kappa shape index (κ1) is 97.1. The zero-order chi connectivity index (χ0) is 73.1.